The molecule has 0 atom stereocenters. The zero-order valence-electron chi connectivity index (χ0n) is 10.7. The monoisotopic (exact) mass is 265 g/mol. The summed E-state index contributed by atoms with van der Waals surface area (Å²) in [5.41, 5.74) is 2.93. The third-order valence-electron chi connectivity index (χ3n) is 2.96. The highest BCUT2D eigenvalue weighted by Crippen LogP contribution is 2.21. The van der Waals surface area contributed by atoms with Crippen LogP contribution in [-0.4, -0.2) is 0 Å². The van der Waals surface area contributed by atoms with Gasteiger partial charge in [0.05, 0.1) is 0 Å². The highest BCUT2D eigenvalue weighted by Gasteiger charge is 2.04. The predicted octanol–water partition coefficient (Wildman–Crippen LogP) is 4.28. The van der Waals surface area contributed by atoms with Gasteiger partial charge in [0.15, 0.2) is 0 Å². The molecule has 17 heavy (non-hydrogen) atoms. The maximum Gasteiger partial charge on any atom is 0.0305 e. The Balaban J connectivity index is 1.89. The molecule has 0 bridgehead atoms. The predicted molar refractivity (Wildman–Crippen MR) is 78.0 cm³/mol. The van der Waals surface area contributed by atoms with E-state index in [1.165, 1.54) is 25.8 Å². The first-order chi connectivity index (χ1) is 8.20. The van der Waals surface area contributed by atoms with Crippen LogP contribution in [0.1, 0.15) is 32.7 Å². The van der Waals surface area contributed by atoms with Crippen LogP contribution < -0.4 is 5.32 Å². The van der Waals surface area contributed by atoms with Crippen LogP contribution in [0.4, 0.5) is 0 Å². The lowest BCUT2D eigenvalue weighted by atomic mass is 10.2. The van der Waals surface area contributed by atoms with Crippen LogP contribution in [-0.2, 0) is 19.5 Å². The van der Waals surface area contributed by atoms with Gasteiger partial charge in [-0.05, 0) is 48.9 Å². The van der Waals surface area contributed by atoms with E-state index >= 15 is 0 Å². The highest BCUT2D eigenvalue weighted by atomic mass is 32.1. The lowest BCUT2D eigenvalue weighted by Gasteiger charge is -2.04. The van der Waals surface area contributed by atoms with Crippen LogP contribution >= 0.6 is 22.7 Å². The Kier molecular flexibility index (Phi) is 4.37. The minimum atomic E-state index is 0.983. The minimum Gasteiger partial charge on any atom is -0.308 e. The Hall–Kier alpha value is -0.640. The number of thiophene rings is 2. The summed E-state index contributed by atoms with van der Waals surface area (Å²) in [6.45, 7) is 8.58. The van der Waals surface area contributed by atoms with Crippen molar-refractivity contribution >= 4 is 22.7 Å². The average Bonchev–Trinajstić information content (AvgIpc) is 2.86. The van der Waals surface area contributed by atoms with E-state index in [4.69, 9.17) is 0 Å². The fraction of sp³-hybridized carbons (Fsp3) is 0.429. The van der Waals surface area contributed by atoms with Crippen molar-refractivity contribution in [3.8, 4) is 0 Å². The molecule has 3 heteroatoms. The van der Waals surface area contributed by atoms with Gasteiger partial charge in [-0.2, -0.15) is 0 Å². The first-order valence-corrected chi connectivity index (χ1v) is 7.72. The molecule has 0 saturated heterocycles. The third-order valence-corrected chi connectivity index (χ3v) is 4.93. The second-order valence-electron chi connectivity index (χ2n) is 4.26. The molecule has 92 valence electrons. The van der Waals surface area contributed by atoms with Gasteiger partial charge >= 0.3 is 0 Å². The Bertz CT molecular complexity index is 482. The molecule has 0 spiro atoms. The largest absolute Gasteiger partial charge is 0.308 e. The van der Waals surface area contributed by atoms with Crippen LogP contribution in [0.15, 0.2) is 17.5 Å². The molecule has 0 aliphatic heterocycles. The van der Waals surface area contributed by atoms with Crippen LogP contribution in [0, 0.1) is 13.8 Å². The molecule has 2 heterocycles. The summed E-state index contributed by atoms with van der Waals surface area (Å²) >= 11 is 3.75. The maximum atomic E-state index is 3.55. The molecule has 0 amide bonds. The molecular formula is C14H19NS2. The zero-order chi connectivity index (χ0) is 12.3. The molecule has 2 rings (SSSR count). The smallest absolute Gasteiger partial charge is 0.0305 e. The standard InChI is InChI=1S/C14H19NS2/c1-4-12-5-6-16-14(12)9-15-8-13-7-10(2)17-11(13)3/h5-7,15H,4,8-9H2,1-3H3. The van der Waals surface area contributed by atoms with Gasteiger partial charge < -0.3 is 5.32 Å². The number of hydrogen-bond acceptors (Lipinski definition) is 3. The summed E-state index contributed by atoms with van der Waals surface area (Å²) < 4.78 is 0. The summed E-state index contributed by atoms with van der Waals surface area (Å²) in [5.74, 6) is 0. The zero-order valence-corrected chi connectivity index (χ0v) is 12.3. The van der Waals surface area contributed by atoms with Crippen LogP contribution in [0.25, 0.3) is 0 Å². The fourth-order valence-electron chi connectivity index (χ4n) is 2.01. The molecule has 0 saturated carbocycles. The summed E-state index contributed by atoms with van der Waals surface area (Å²) in [6, 6.07) is 4.53. The number of nitrogens with one attached hydrogen (secondary N) is 1. The van der Waals surface area contributed by atoms with Crippen molar-refractivity contribution in [2.45, 2.75) is 40.3 Å². The molecular weight excluding hydrogens is 246 g/mol. The van der Waals surface area contributed by atoms with E-state index in [1.807, 2.05) is 22.7 Å². The van der Waals surface area contributed by atoms with Crippen LogP contribution in [0.5, 0.6) is 0 Å². The first kappa shape index (κ1) is 12.8. The molecule has 0 unspecified atom stereocenters. The van der Waals surface area contributed by atoms with Crippen molar-refractivity contribution in [2.24, 2.45) is 0 Å². The van der Waals surface area contributed by atoms with Crippen LogP contribution in [0.3, 0.4) is 0 Å². The van der Waals surface area contributed by atoms with Gasteiger partial charge in [-0.15, -0.1) is 22.7 Å². The second-order valence-corrected chi connectivity index (χ2v) is 6.73. The lowest BCUT2D eigenvalue weighted by Crippen LogP contribution is -2.12. The fourth-order valence-corrected chi connectivity index (χ4v) is 3.90. The summed E-state index contributed by atoms with van der Waals surface area (Å²) in [4.78, 5) is 4.33. The number of hydrogen-bond donors (Lipinski definition) is 1. The van der Waals surface area contributed by atoms with E-state index in [0.717, 1.165) is 19.5 Å². The van der Waals surface area contributed by atoms with E-state index < -0.39 is 0 Å². The summed E-state index contributed by atoms with van der Waals surface area (Å²) in [5, 5.41) is 5.74. The normalized spacial score (nSPS) is 11.0. The molecule has 1 nitrogen and oxygen atoms in total. The number of aryl methyl sites for hydroxylation is 3. The highest BCUT2D eigenvalue weighted by molar-refractivity contribution is 7.12. The van der Waals surface area contributed by atoms with Crippen molar-refractivity contribution < 1.29 is 0 Å². The molecule has 0 radical (unpaired) electrons. The Morgan fingerprint density at radius 3 is 2.65 bits per heavy atom. The van der Waals surface area contributed by atoms with Crippen LogP contribution in [0.2, 0.25) is 0 Å². The Labute approximate surface area is 112 Å². The van der Waals surface area contributed by atoms with Crippen molar-refractivity contribution in [1.82, 2.24) is 5.32 Å². The minimum absolute atomic E-state index is 0.983. The number of rotatable bonds is 5. The van der Waals surface area contributed by atoms with E-state index in [9.17, 15) is 0 Å². The SMILES string of the molecule is CCc1ccsc1CNCc1cc(C)sc1C. The van der Waals surface area contributed by atoms with E-state index in [2.05, 4.69) is 43.6 Å². The van der Waals surface area contributed by atoms with E-state index in [0.29, 0.717) is 0 Å². The van der Waals surface area contributed by atoms with Gasteiger partial charge in [0, 0.05) is 27.7 Å². The lowest BCUT2D eigenvalue weighted by molar-refractivity contribution is 0.696. The quantitative estimate of drug-likeness (QED) is 0.851. The van der Waals surface area contributed by atoms with Gasteiger partial charge in [0.1, 0.15) is 0 Å². The molecule has 2 aromatic heterocycles. The topological polar surface area (TPSA) is 12.0 Å². The van der Waals surface area contributed by atoms with Gasteiger partial charge in [-0.3, -0.25) is 0 Å². The molecule has 0 aromatic carbocycles. The van der Waals surface area contributed by atoms with Gasteiger partial charge in [-0.25, -0.2) is 0 Å². The third kappa shape index (κ3) is 3.18. The molecule has 0 aliphatic rings. The van der Waals surface area contributed by atoms with Gasteiger partial charge in [0.25, 0.3) is 0 Å². The molecule has 2 aromatic rings. The molecule has 1 N–H and O–H groups in total. The van der Waals surface area contributed by atoms with Gasteiger partial charge in [-0.1, -0.05) is 6.92 Å². The second kappa shape index (κ2) is 5.80. The van der Waals surface area contributed by atoms with Crippen molar-refractivity contribution in [3.63, 3.8) is 0 Å². The van der Waals surface area contributed by atoms with E-state index in [-0.39, 0.29) is 0 Å². The Morgan fingerprint density at radius 1 is 1.18 bits per heavy atom. The maximum absolute atomic E-state index is 3.55. The van der Waals surface area contributed by atoms with E-state index in [1.54, 1.807) is 0 Å². The first-order valence-electron chi connectivity index (χ1n) is 6.02. The van der Waals surface area contributed by atoms with Crippen molar-refractivity contribution in [2.75, 3.05) is 0 Å². The average molecular weight is 265 g/mol. The van der Waals surface area contributed by atoms with Crippen molar-refractivity contribution in [1.29, 1.82) is 0 Å². The molecule has 0 fully saturated rings. The summed E-state index contributed by atoms with van der Waals surface area (Å²) in [6.07, 6.45) is 1.14. The Morgan fingerprint density at radius 2 is 2.00 bits per heavy atom. The van der Waals surface area contributed by atoms with Crippen molar-refractivity contribution in [3.05, 3.63) is 43.3 Å². The molecule has 0 aliphatic carbocycles. The summed E-state index contributed by atoms with van der Waals surface area (Å²) in [7, 11) is 0. The van der Waals surface area contributed by atoms with Gasteiger partial charge in [0.2, 0.25) is 0 Å².